The minimum Gasteiger partial charge on any atom is -0.105 e. The third-order valence-corrected chi connectivity index (χ3v) is 5.80. The zero-order chi connectivity index (χ0) is 11.7. The summed E-state index contributed by atoms with van der Waals surface area (Å²) in [7, 11) is 8.25. The SMILES string of the molecule is Pc1ccc(-c2ccc(P)c(I)c2)cc1P. The molecule has 2 aromatic rings. The number of rotatable bonds is 1. The fourth-order valence-corrected chi connectivity index (χ4v) is 2.61. The summed E-state index contributed by atoms with van der Waals surface area (Å²) in [5.41, 5.74) is 2.53. The average Bonchev–Trinajstić information content (AvgIpc) is 2.26. The van der Waals surface area contributed by atoms with E-state index in [-0.39, 0.29) is 0 Å². The van der Waals surface area contributed by atoms with Crippen LogP contribution in [0.3, 0.4) is 0 Å². The van der Waals surface area contributed by atoms with Crippen LogP contribution in [0.2, 0.25) is 0 Å². The lowest BCUT2D eigenvalue weighted by Crippen LogP contribution is -2.10. The first-order valence-corrected chi connectivity index (χ1v) is 7.59. The number of benzene rings is 2. The van der Waals surface area contributed by atoms with E-state index < -0.39 is 0 Å². The van der Waals surface area contributed by atoms with Gasteiger partial charge in [-0.05, 0) is 61.8 Å². The first-order chi connectivity index (χ1) is 7.58. The van der Waals surface area contributed by atoms with Gasteiger partial charge in [0.25, 0.3) is 0 Å². The maximum Gasteiger partial charge on any atom is 0.0208 e. The molecule has 0 spiro atoms. The smallest absolute Gasteiger partial charge is 0.0208 e. The van der Waals surface area contributed by atoms with Gasteiger partial charge in [0.1, 0.15) is 0 Å². The lowest BCUT2D eigenvalue weighted by molar-refractivity contribution is 1.65. The Balaban J connectivity index is 2.50. The summed E-state index contributed by atoms with van der Waals surface area (Å²) in [4.78, 5) is 0. The molecule has 0 bridgehead atoms. The second kappa shape index (κ2) is 5.40. The number of hydrogen-bond donors (Lipinski definition) is 0. The Morgan fingerprint density at radius 1 is 0.688 bits per heavy atom. The molecule has 0 nitrogen and oxygen atoms in total. The van der Waals surface area contributed by atoms with Crippen molar-refractivity contribution in [1.29, 1.82) is 0 Å². The van der Waals surface area contributed by atoms with Crippen LogP contribution < -0.4 is 15.9 Å². The summed E-state index contributed by atoms with van der Waals surface area (Å²) < 4.78 is 1.28. The van der Waals surface area contributed by atoms with E-state index in [4.69, 9.17) is 0 Å². The van der Waals surface area contributed by atoms with Crippen LogP contribution in [0.15, 0.2) is 36.4 Å². The number of hydrogen-bond acceptors (Lipinski definition) is 0. The third-order valence-electron chi connectivity index (χ3n) is 2.42. The van der Waals surface area contributed by atoms with Crippen LogP contribution in [0.5, 0.6) is 0 Å². The predicted molar refractivity (Wildman–Crippen MR) is 92.6 cm³/mol. The van der Waals surface area contributed by atoms with Crippen molar-refractivity contribution < 1.29 is 0 Å². The van der Waals surface area contributed by atoms with Gasteiger partial charge in [0.05, 0.1) is 0 Å². The Morgan fingerprint density at radius 2 is 1.25 bits per heavy atom. The standard InChI is InChI=1S/C12H12IP3/c13-9-5-7(1-3-10(9)14)8-2-4-11(15)12(16)6-8/h1-6H,14-16H2. The summed E-state index contributed by atoms with van der Waals surface area (Å²) in [6.45, 7) is 0. The molecule has 0 amide bonds. The molecule has 4 heteroatoms. The Hall–Kier alpha value is 0.460. The predicted octanol–water partition coefficient (Wildman–Crippen LogP) is 2.46. The highest BCUT2D eigenvalue weighted by Gasteiger charge is 2.02. The molecule has 0 aliphatic heterocycles. The van der Waals surface area contributed by atoms with Crippen molar-refractivity contribution in [3.63, 3.8) is 0 Å². The largest absolute Gasteiger partial charge is 0.105 e. The second-order valence-electron chi connectivity index (χ2n) is 3.58. The molecule has 0 fully saturated rings. The van der Waals surface area contributed by atoms with E-state index in [2.05, 4.69) is 86.7 Å². The molecule has 82 valence electrons. The number of halogens is 1. The maximum atomic E-state index is 2.77. The molecule has 0 aliphatic rings. The van der Waals surface area contributed by atoms with E-state index in [1.165, 1.54) is 30.6 Å². The second-order valence-corrected chi connectivity index (χ2v) is 6.61. The topological polar surface area (TPSA) is 0 Å². The van der Waals surface area contributed by atoms with E-state index in [1.54, 1.807) is 0 Å². The highest BCUT2D eigenvalue weighted by Crippen LogP contribution is 2.20. The van der Waals surface area contributed by atoms with Gasteiger partial charge in [-0.3, -0.25) is 0 Å². The van der Waals surface area contributed by atoms with Gasteiger partial charge in [-0.2, -0.15) is 0 Å². The normalized spacial score (nSPS) is 10.5. The Kier molecular flexibility index (Phi) is 4.36. The van der Waals surface area contributed by atoms with Crippen LogP contribution in [0.1, 0.15) is 0 Å². The fraction of sp³-hybridized carbons (Fsp3) is 0. The fourth-order valence-electron chi connectivity index (χ4n) is 1.46. The molecular formula is C12H12IP3. The van der Waals surface area contributed by atoms with Crippen molar-refractivity contribution in [3.05, 3.63) is 40.0 Å². The summed E-state index contributed by atoms with van der Waals surface area (Å²) >= 11 is 2.36. The molecule has 2 aromatic carbocycles. The van der Waals surface area contributed by atoms with E-state index >= 15 is 0 Å². The first kappa shape index (κ1) is 12.9. The van der Waals surface area contributed by atoms with Crippen LogP contribution in [-0.4, -0.2) is 0 Å². The summed E-state index contributed by atoms with van der Waals surface area (Å²) in [5, 5.41) is 3.71. The molecule has 0 radical (unpaired) electrons. The van der Waals surface area contributed by atoms with Crippen LogP contribution in [0.25, 0.3) is 11.1 Å². The quantitative estimate of drug-likeness (QED) is 0.530. The third kappa shape index (κ3) is 2.82. The van der Waals surface area contributed by atoms with Crippen LogP contribution in [0, 0.1) is 3.57 Å². The highest BCUT2D eigenvalue weighted by molar-refractivity contribution is 14.1. The van der Waals surface area contributed by atoms with E-state index in [0.29, 0.717) is 0 Å². The molecular weight excluding hydrogens is 364 g/mol. The minimum absolute atomic E-state index is 1.23. The molecule has 0 saturated carbocycles. The van der Waals surface area contributed by atoms with Gasteiger partial charge in [-0.25, -0.2) is 0 Å². The van der Waals surface area contributed by atoms with E-state index in [1.807, 2.05) is 0 Å². The monoisotopic (exact) mass is 376 g/mol. The van der Waals surface area contributed by atoms with Crippen LogP contribution >= 0.6 is 50.3 Å². The van der Waals surface area contributed by atoms with Gasteiger partial charge < -0.3 is 0 Å². The van der Waals surface area contributed by atoms with Crippen molar-refractivity contribution in [2.45, 2.75) is 0 Å². The summed E-state index contributed by atoms with van der Waals surface area (Å²) in [5.74, 6) is 0. The molecule has 3 atom stereocenters. The van der Waals surface area contributed by atoms with Crippen molar-refractivity contribution in [2.24, 2.45) is 0 Å². The lowest BCUT2D eigenvalue weighted by Gasteiger charge is -2.07. The highest BCUT2D eigenvalue weighted by atomic mass is 127. The Bertz CT molecular complexity index is 488. The first-order valence-electron chi connectivity index (χ1n) is 4.78. The molecule has 16 heavy (non-hydrogen) atoms. The summed E-state index contributed by atoms with van der Waals surface area (Å²) in [6, 6.07) is 13.0. The molecule has 0 heterocycles. The van der Waals surface area contributed by atoms with Crippen molar-refractivity contribution in [3.8, 4) is 11.1 Å². The van der Waals surface area contributed by atoms with Gasteiger partial charge >= 0.3 is 0 Å². The molecule has 0 aromatic heterocycles. The Labute approximate surface area is 117 Å². The molecule has 0 saturated heterocycles. The molecule has 0 aliphatic carbocycles. The zero-order valence-corrected chi connectivity index (χ0v) is 14.2. The molecule has 0 N–H and O–H groups in total. The van der Waals surface area contributed by atoms with Gasteiger partial charge in [0.15, 0.2) is 0 Å². The molecule has 3 unspecified atom stereocenters. The van der Waals surface area contributed by atoms with E-state index in [9.17, 15) is 0 Å². The van der Waals surface area contributed by atoms with Gasteiger partial charge in [-0.1, -0.05) is 24.3 Å². The van der Waals surface area contributed by atoms with Gasteiger partial charge in [0.2, 0.25) is 0 Å². The van der Waals surface area contributed by atoms with Crippen LogP contribution in [0.4, 0.5) is 0 Å². The van der Waals surface area contributed by atoms with E-state index in [0.717, 1.165) is 0 Å². The average molecular weight is 376 g/mol. The van der Waals surface area contributed by atoms with Crippen molar-refractivity contribution >= 4 is 66.2 Å². The van der Waals surface area contributed by atoms with Crippen LogP contribution in [-0.2, 0) is 0 Å². The maximum absolute atomic E-state index is 2.77. The minimum atomic E-state index is 1.23. The summed E-state index contributed by atoms with van der Waals surface area (Å²) in [6.07, 6.45) is 0. The molecule has 2 rings (SSSR count). The zero-order valence-electron chi connectivity index (χ0n) is 8.57. The van der Waals surface area contributed by atoms with Crippen molar-refractivity contribution in [1.82, 2.24) is 0 Å². The van der Waals surface area contributed by atoms with Crippen molar-refractivity contribution in [2.75, 3.05) is 0 Å². The van der Waals surface area contributed by atoms with Gasteiger partial charge in [0, 0.05) is 3.57 Å². The Morgan fingerprint density at radius 3 is 1.81 bits per heavy atom. The lowest BCUT2D eigenvalue weighted by atomic mass is 10.1. The van der Waals surface area contributed by atoms with Gasteiger partial charge in [-0.15, -0.1) is 27.7 Å².